The number of unbranched alkanes of at least 4 members (excludes halogenated alkanes) is 1. The Bertz CT molecular complexity index is 1060. The molecule has 0 spiro atoms. The van der Waals surface area contributed by atoms with E-state index in [4.69, 9.17) is 21.3 Å². The van der Waals surface area contributed by atoms with Gasteiger partial charge >= 0.3 is 0 Å². The highest BCUT2D eigenvalue weighted by atomic mass is 35.5. The fraction of sp³-hybridized carbons (Fsp3) is 0.381. The van der Waals surface area contributed by atoms with Gasteiger partial charge in [0.15, 0.2) is 17.1 Å². The zero-order valence-electron chi connectivity index (χ0n) is 16.1. The summed E-state index contributed by atoms with van der Waals surface area (Å²) in [6.45, 7) is 8.26. The molecular formula is C21H23ClN4O. The summed E-state index contributed by atoms with van der Waals surface area (Å²) in [6.07, 6.45) is 6.64. The van der Waals surface area contributed by atoms with Gasteiger partial charge in [0.1, 0.15) is 0 Å². The Kier molecular flexibility index (Phi) is 4.42. The van der Waals surface area contributed by atoms with Gasteiger partial charge in [-0.25, -0.2) is 14.5 Å². The molecule has 1 aromatic carbocycles. The van der Waals surface area contributed by atoms with Crippen LogP contribution in [0.5, 0.6) is 5.75 Å². The minimum atomic E-state index is -0.655. The fourth-order valence-electron chi connectivity index (χ4n) is 3.45. The molecule has 4 rings (SSSR count). The van der Waals surface area contributed by atoms with E-state index in [0.29, 0.717) is 10.8 Å². The van der Waals surface area contributed by atoms with Crippen molar-refractivity contribution in [2.75, 3.05) is 0 Å². The summed E-state index contributed by atoms with van der Waals surface area (Å²) in [6, 6.07) is 5.76. The van der Waals surface area contributed by atoms with Gasteiger partial charge in [0, 0.05) is 23.9 Å². The number of benzene rings is 1. The van der Waals surface area contributed by atoms with E-state index in [1.54, 1.807) is 0 Å². The summed E-state index contributed by atoms with van der Waals surface area (Å²) in [5.74, 6) is 0.686. The predicted octanol–water partition coefficient (Wildman–Crippen LogP) is 5.14. The van der Waals surface area contributed by atoms with Crippen molar-refractivity contribution < 1.29 is 4.74 Å². The van der Waals surface area contributed by atoms with Gasteiger partial charge in [-0.15, -0.1) is 0 Å². The van der Waals surface area contributed by atoms with Gasteiger partial charge in [-0.3, -0.25) is 0 Å². The highest BCUT2D eigenvalue weighted by Gasteiger charge is 2.34. The average molecular weight is 383 g/mol. The Morgan fingerprint density at radius 2 is 2.00 bits per heavy atom. The number of hydrogen-bond donors (Lipinski definition) is 0. The largest absolute Gasteiger partial charge is 0.464 e. The van der Waals surface area contributed by atoms with Gasteiger partial charge < -0.3 is 4.74 Å². The molecule has 0 amide bonds. The smallest absolute Gasteiger partial charge is 0.198 e. The van der Waals surface area contributed by atoms with Crippen LogP contribution in [0.3, 0.4) is 0 Å². The van der Waals surface area contributed by atoms with E-state index in [1.807, 2.05) is 55.9 Å². The summed E-state index contributed by atoms with van der Waals surface area (Å²) in [5, 5.41) is 5.16. The third kappa shape index (κ3) is 3.00. The number of aliphatic imine (C=N–C) groups is 1. The van der Waals surface area contributed by atoms with Crippen LogP contribution in [0.25, 0.3) is 5.65 Å². The van der Waals surface area contributed by atoms with Crippen LogP contribution in [-0.4, -0.2) is 26.0 Å². The van der Waals surface area contributed by atoms with Crippen LogP contribution in [0.2, 0.25) is 5.02 Å². The second kappa shape index (κ2) is 6.64. The van der Waals surface area contributed by atoms with Crippen molar-refractivity contribution in [3.05, 3.63) is 58.0 Å². The first-order chi connectivity index (χ1) is 12.9. The second-order valence-corrected chi connectivity index (χ2v) is 7.69. The molecule has 1 aliphatic heterocycles. The van der Waals surface area contributed by atoms with Crippen LogP contribution in [0.15, 0.2) is 35.6 Å². The topological polar surface area (TPSA) is 51.8 Å². The van der Waals surface area contributed by atoms with E-state index in [0.717, 1.165) is 53.0 Å². The minimum Gasteiger partial charge on any atom is -0.464 e. The van der Waals surface area contributed by atoms with Crippen molar-refractivity contribution >= 4 is 23.0 Å². The Labute approximate surface area is 164 Å². The molecule has 5 nitrogen and oxygen atoms in total. The summed E-state index contributed by atoms with van der Waals surface area (Å²) in [5.41, 5.74) is 4.92. The van der Waals surface area contributed by atoms with E-state index >= 15 is 0 Å². The molecule has 0 bridgehead atoms. The maximum atomic E-state index is 6.48. The molecule has 0 aliphatic carbocycles. The van der Waals surface area contributed by atoms with E-state index in [1.165, 1.54) is 0 Å². The molecule has 1 unspecified atom stereocenters. The molecule has 6 heteroatoms. The maximum absolute atomic E-state index is 6.48. The molecule has 1 atom stereocenters. The standard InChI is InChI=1S/C21H23ClN4O/c1-5-6-10-21(4)25-18(15-8-7-9-17(22)19(15)27-21)16-12-24-26-14(3)13(2)11-23-20(16)26/h7-9,11-12H,5-6,10H2,1-4H3. The number of aryl methyl sites for hydroxylation is 2. The number of nitrogens with zero attached hydrogens (tertiary/aromatic N) is 4. The summed E-state index contributed by atoms with van der Waals surface area (Å²) in [7, 11) is 0. The molecular weight excluding hydrogens is 360 g/mol. The molecule has 0 fully saturated rings. The normalized spacial score (nSPS) is 18.9. The highest BCUT2D eigenvalue weighted by molar-refractivity contribution is 6.33. The number of rotatable bonds is 4. The van der Waals surface area contributed by atoms with Crippen LogP contribution < -0.4 is 4.74 Å². The molecule has 27 heavy (non-hydrogen) atoms. The molecule has 0 saturated heterocycles. The van der Waals surface area contributed by atoms with Gasteiger partial charge in [-0.1, -0.05) is 31.0 Å². The molecule has 140 valence electrons. The van der Waals surface area contributed by atoms with Crippen LogP contribution in [-0.2, 0) is 0 Å². The third-order valence-electron chi connectivity index (χ3n) is 5.15. The average Bonchev–Trinajstić information content (AvgIpc) is 3.08. The van der Waals surface area contributed by atoms with Crippen molar-refractivity contribution in [3.63, 3.8) is 0 Å². The van der Waals surface area contributed by atoms with Crippen LogP contribution in [0.1, 0.15) is 55.5 Å². The molecule has 0 N–H and O–H groups in total. The molecule has 1 aliphatic rings. The van der Waals surface area contributed by atoms with Crippen LogP contribution in [0.4, 0.5) is 0 Å². The first-order valence-corrected chi connectivity index (χ1v) is 9.69. The number of hydrogen-bond acceptors (Lipinski definition) is 4. The zero-order valence-corrected chi connectivity index (χ0v) is 16.8. The number of para-hydroxylation sites is 1. The van der Waals surface area contributed by atoms with Gasteiger partial charge in [0.05, 0.1) is 22.5 Å². The Hall–Kier alpha value is -2.40. The molecule has 3 aromatic rings. The molecule has 0 radical (unpaired) electrons. The molecule has 3 heterocycles. The summed E-state index contributed by atoms with van der Waals surface area (Å²) in [4.78, 5) is 9.65. The van der Waals surface area contributed by atoms with E-state index in [9.17, 15) is 0 Å². The van der Waals surface area contributed by atoms with Gasteiger partial charge in [-0.2, -0.15) is 5.10 Å². The Morgan fingerprint density at radius 1 is 1.19 bits per heavy atom. The van der Waals surface area contributed by atoms with E-state index in [-0.39, 0.29) is 0 Å². The van der Waals surface area contributed by atoms with E-state index in [2.05, 4.69) is 17.0 Å². The van der Waals surface area contributed by atoms with Crippen LogP contribution >= 0.6 is 11.6 Å². The predicted molar refractivity (Wildman–Crippen MR) is 108 cm³/mol. The molecule has 0 saturated carbocycles. The quantitative estimate of drug-likeness (QED) is 0.628. The lowest BCUT2D eigenvalue weighted by Crippen LogP contribution is -2.36. The van der Waals surface area contributed by atoms with Gasteiger partial charge in [0.25, 0.3) is 0 Å². The fourth-order valence-corrected chi connectivity index (χ4v) is 3.67. The number of halogens is 1. The first-order valence-electron chi connectivity index (χ1n) is 9.31. The third-order valence-corrected chi connectivity index (χ3v) is 5.45. The van der Waals surface area contributed by atoms with Crippen LogP contribution in [0, 0.1) is 13.8 Å². The van der Waals surface area contributed by atoms with E-state index < -0.39 is 5.72 Å². The van der Waals surface area contributed by atoms with Crippen molar-refractivity contribution in [3.8, 4) is 5.75 Å². The summed E-state index contributed by atoms with van der Waals surface area (Å²) >= 11 is 6.48. The highest BCUT2D eigenvalue weighted by Crippen LogP contribution is 2.40. The maximum Gasteiger partial charge on any atom is 0.198 e. The molecule has 2 aromatic heterocycles. The minimum absolute atomic E-state index is 0.596. The SMILES string of the molecule is CCCCC1(C)N=C(c2cnn3c(C)c(C)cnc23)c2cccc(Cl)c2O1. The number of aromatic nitrogens is 3. The lowest BCUT2D eigenvalue weighted by molar-refractivity contribution is 0.0823. The Morgan fingerprint density at radius 3 is 2.78 bits per heavy atom. The lowest BCUT2D eigenvalue weighted by Gasteiger charge is -2.33. The van der Waals surface area contributed by atoms with Crippen molar-refractivity contribution in [1.29, 1.82) is 0 Å². The lowest BCUT2D eigenvalue weighted by atomic mass is 9.98. The van der Waals surface area contributed by atoms with Gasteiger partial charge in [-0.05, 0) is 44.9 Å². The summed E-state index contributed by atoms with van der Waals surface area (Å²) < 4.78 is 8.14. The van der Waals surface area contributed by atoms with Gasteiger partial charge in [0.2, 0.25) is 0 Å². The first kappa shape index (κ1) is 18.0. The zero-order chi connectivity index (χ0) is 19.2. The second-order valence-electron chi connectivity index (χ2n) is 7.28. The van der Waals surface area contributed by atoms with Crippen molar-refractivity contribution in [2.24, 2.45) is 4.99 Å². The van der Waals surface area contributed by atoms with Crippen molar-refractivity contribution in [2.45, 2.75) is 52.7 Å². The Balaban J connectivity index is 1.94. The number of fused-ring (bicyclic) bond motifs is 2. The number of ether oxygens (including phenoxy) is 1. The monoisotopic (exact) mass is 382 g/mol. The van der Waals surface area contributed by atoms with Crippen molar-refractivity contribution in [1.82, 2.24) is 14.6 Å².